The summed E-state index contributed by atoms with van der Waals surface area (Å²) in [6.07, 6.45) is 0. The molecule has 0 radical (unpaired) electrons. The average molecular weight is 1020 g/mol. The molecule has 0 aromatic heterocycles. The first-order valence-electron chi connectivity index (χ1n) is 7.58. The van der Waals surface area contributed by atoms with Gasteiger partial charge in [-0.3, -0.25) is 0 Å². The fourth-order valence-corrected chi connectivity index (χ4v) is 8.18. The molecule has 0 fully saturated rings. The van der Waals surface area contributed by atoms with Crippen molar-refractivity contribution in [2.24, 2.45) is 0 Å². The molecule has 0 amide bonds. The topological polar surface area (TPSA) is 23.8 Å². The van der Waals surface area contributed by atoms with Gasteiger partial charge >= 0.3 is 0 Å². The average Bonchev–Trinajstić information content (AvgIpc) is 2.61. The maximum atomic E-state index is 9.26. The molecule has 0 atom stereocenters. The van der Waals surface area contributed by atoms with E-state index in [9.17, 15) is 5.26 Å². The van der Waals surface area contributed by atoms with E-state index >= 15 is 0 Å². The summed E-state index contributed by atoms with van der Waals surface area (Å²) in [5, 5.41) is 9.26. The Morgan fingerprint density at radius 3 is 1.74 bits per heavy atom. The molecule has 0 aliphatic carbocycles. The molecule has 0 aliphatic heterocycles. The van der Waals surface area contributed by atoms with Crippen molar-refractivity contribution in [1.82, 2.24) is 0 Å². The fourth-order valence-electron chi connectivity index (χ4n) is 2.65. The molecule has 0 spiro atoms. The molecule has 27 heavy (non-hydrogen) atoms. The highest BCUT2D eigenvalue weighted by molar-refractivity contribution is 14.1. The highest BCUT2D eigenvalue weighted by atomic mass is 127. The molecule has 1 nitrogen and oxygen atoms in total. The van der Waals surface area contributed by atoms with E-state index in [0.29, 0.717) is 0 Å². The number of hydrogen-bond donors (Lipinski definition) is 0. The Bertz CT molecular complexity index is 1070. The van der Waals surface area contributed by atoms with Crippen molar-refractivity contribution in [2.45, 2.75) is 6.92 Å². The summed E-state index contributed by atoms with van der Waals surface area (Å²) in [4.78, 5) is 0. The van der Waals surface area contributed by atoms with E-state index in [2.05, 4.69) is 179 Å². The number of nitriles is 1. The van der Waals surface area contributed by atoms with E-state index in [0.717, 1.165) is 12.7 Å². The second-order valence-electron chi connectivity index (χ2n) is 5.78. The third kappa shape index (κ3) is 4.90. The van der Waals surface area contributed by atoms with Gasteiger partial charge in [-0.1, -0.05) is 6.07 Å². The van der Waals surface area contributed by atoms with Gasteiger partial charge in [0, 0.05) is 27.0 Å². The number of nitrogens with zero attached hydrogens (tertiary/aromatic N) is 1. The number of benzene rings is 3. The van der Waals surface area contributed by atoms with Gasteiger partial charge in [0.2, 0.25) is 0 Å². The Morgan fingerprint density at radius 1 is 0.704 bits per heavy atom. The van der Waals surface area contributed by atoms with Crippen LogP contribution in [0.5, 0.6) is 0 Å². The van der Waals surface area contributed by atoms with Crippen molar-refractivity contribution in [2.75, 3.05) is 0 Å². The lowest BCUT2D eigenvalue weighted by atomic mass is 9.99. The summed E-state index contributed by atoms with van der Waals surface area (Å²) in [6.45, 7) is 2.17. The third-order valence-corrected chi connectivity index (χ3v) is 11.3. The first kappa shape index (κ1) is 23.2. The van der Waals surface area contributed by atoms with Crippen LogP contribution in [0.25, 0.3) is 22.3 Å². The van der Waals surface area contributed by atoms with Crippen molar-refractivity contribution in [3.63, 3.8) is 0 Å². The van der Waals surface area contributed by atoms with Gasteiger partial charge in [-0.25, -0.2) is 0 Å². The molecule has 3 aromatic rings. The van der Waals surface area contributed by atoms with Gasteiger partial charge < -0.3 is 0 Å². The summed E-state index contributed by atoms with van der Waals surface area (Å²) < 4.78 is 7.21. The Labute approximate surface area is 240 Å². The second kappa shape index (κ2) is 9.77. The Hall–Kier alpha value is 1.53. The molecule has 0 heterocycles. The molecule has 0 N–H and O–H groups in total. The molecule has 0 unspecified atom stereocenters. The molecular weight excluding hydrogens is 1020 g/mol. The molecule has 3 rings (SSSR count). The lowest BCUT2D eigenvalue weighted by Gasteiger charge is -2.15. The summed E-state index contributed by atoms with van der Waals surface area (Å²) in [7, 11) is 0. The number of hydrogen-bond acceptors (Lipinski definition) is 1. The highest BCUT2D eigenvalue weighted by Crippen LogP contribution is 2.38. The van der Waals surface area contributed by atoms with Crippen molar-refractivity contribution in [1.29, 1.82) is 5.26 Å². The zero-order chi connectivity index (χ0) is 19.9. The maximum absolute atomic E-state index is 9.26. The quantitative estimate of drug-likeness (QED) is 0.236. The van der Waals surface area contributed by atoms with Gasteiger partial charge in [0.1, 0.15) is 6.07 Å². The number of halogens is 6. The van der Waals surface area contributed by atoms with Crippen LogP contribution < -0.4 is 0 Å². The molecule has 0 bridgehead atoms. The second-order valence-corrected chi connectivity index (χ2v) is 12.6. The van der Waals surface area contributed by atoms with Crippen molar-refractivity contribution in [3.8, 4) is 28.3 Å². The highest BCUT2D eigenvalue weighted by Gasteiger charge is 2.16. The van der Waals surface area contributed by atoms with E-state index in [-0.39, 0.29) is 0 Å². The van der Waals surface area contributed by atoms with Gasteiger partial charge in [0.15, 0.2) is 0 Å². The minimum atomic E-state index is 0.730. The van der Waals surface area contributed by atoms with E-state index in [1.54, 1.807) is 0 Å². The summed E-state index contributed by atoms with van der Waals surface area (Å²) in [5.41, 5.74) is 6.98. The normalized spacial score (nSPS) is 10.7. The van der Waals surface area contributed by atoms with Crippen LogP contribution in [0.3, 0.4) is 0 Å². The molecule has 7 heteroatoms. The summed E-state index contributed by atoms with van der Waals surface area (Å²) >= 11 is 14.3. The van der Waals surface area contributed by atoms with Gasteiger partial charge in [0.05, 0.1) is 5.56 Å². The minimum Gasteiger partial charge on any atom is -0.192 e. The summed E-state index contributed by atoms with van der Waals surface area (Å²) in [6, 6.07) is 15.3. The van der Waals surface area contributed by atoms with Gasteiger partial charge in [0.25, 0.3) is 0 Å². The Morgan fingerprint density at radius 2 is 1.22 bits per heavy atom. The van der Waals surface area contributed by atoms with Crippen LogP contribution in [-0.2, 0) is 0 Å². The zero-order valence-corrected chi connectivity index (χ0v) is 26.6. The van der Waals surface area contributed by atoms with E-state index in [4.69, 9.17) is 0 Å². The summed E-state index contributed by atoms with van der Waals surface area (Å²) in [5.74, 6) is 0. The van der Waals surface area contributed by atoms with Gasteiger partial charge in [-0.05, 0) is 195 Å². The van der Waals surface area contributed by atoms with Crippen LogP contribution in [0.4, 0.5) is 0 Å². The SMILES string of the molecule is Cc1c(I)cc(-c2c(I)cc(-c3ccc(C#N)c(I)c3I)cc2I)cc1I. The fraction of sp³-hybridized carbons (Fsp3) is 0.0500. The van der Waals surface area contributed by atoms with Gasteiger partial charge in [-0.15, -0.1) is 0 Å². The first-order chi connectivity index (χ1) is 12.7. The third-order valence-electron chi connectivity index (χ3n) is 4.13. The van der Waals surface area contributed by atoms with E-state index in [1.165, 1.54) is 42.1 Å². The van der Waals surface area contributed by atoms with Crippen molar-refractivity contribution < 1.29 is 0 Å². The van der Waals surface area contributed by atoms with Crippen LogP contribution in [0.2, 0.25) is 0 Å². The van der Waals surface area contributed by atoms with Crippen LogP contribution in [0, 0.1) is 39.7 Å². The van der Waals surface area contributed by atoms with Crippen LogP contribution >= 0.6 is 136 Å². The molecule has 3 aromatic carbocycles. The first-order valence-corrected chi connectivity index (χ1v) is 14.1. The molecule has 0 saturated carbocycles. The number of rotatable bonds is 2. The predicted octanol–water partition coefficient (Wildman–Crippen LogP) is 8.83. The molecule has 0 saturated heterocycles. The van der Waals surface area contributed by atoms with Crippen LogP contribution in [-0.4, -0.2) is 0 Å². The maximum Gasteiger partial charge on any atom is 0.100 e. The largest absolute Gasteiger partial charge is 0.192 e. The Kier molecular flexibility index (Phi) is 8.40. The van der Waals surface area contributed by atoms with E-state index < -0.39 is 0 Å². The lowest BCUT2D eigenvalue weighted by Crippen LogP contribution is -1.96. The van der Waals surface area contributed by atoms with E-state index in [1.807, 2.05) is 6.07 Å². The van der Waals surface area contributed by atoms with Crippen molar-refractivity contribution in [3.05, 3.63) is 68.9 Å². The Balaban J connectivity index is 2.18. The lowest BCUT2D eigenvalue weighted by molar-refractivity contribution is 1.38. The molecule has 0 aliphatic rings. The van der Waals surface area contributed by atoms with Crippen LogP contribution in [0.1, 0.15) is 11.1 Å². The predicted molar refractivity (Wildman–Crippen MR) is 163 cm³/mol. The minimum absolute atomic E-state index is 0.730. The van der Waals surface area contributed by atoms with Crippen molar-refractivity contribution >= 4 is 136 Å². The molecule has 136 valence electrons. The molecular formula is C20H9I6N. The van der Waals surface area contributed by atoms with Crippen LogP contribution in [0.15, 0.2) is 36.4 Å². The monoisotopic (exact) mass is 1020 g/mol. The standard InChI is InChI=1S/C20H9I6N/c1-9-14(21)6-12(7-15(9)22)18-16(23)4-11(5-17(18)24)13-3-2-10(8-27)19(25)20(13)26/h2-7H,1H3. The zero-order valence-electron chi connectivity index (χ0n) is 13.7. The van der Waals surface area contributed by atoms with Gasteiger partial charge in [-0.2, -0.15) is 5.26 Å². The smallest absolute Gasteiger partial charge is 0.100 e.